The molecule has 118 valence electrons. The van der Waals surface area contributed by atoms with Gasteiger partial charge in [0, 0.05) is 18.2 Å². The summed E-state index contributed by atoms with van der Waals surface area (Å²) in [6.07, 6.45) is 0.934. The number of benzene rings is 1. The molecule has 1 aliphatic rings. The van der Waals surface area contributed by atoms with Gasteiger partial charge in [0.25, 0.3) is 0 Å². The van der Waals surface area contributed by atoms with Crippen molar-refractivity contribution in [1.29, 1.82) is 0 Å². The lowest BCUT2D eigenvalue weighted by atomic mass is 10.2. The van der Waals surface area contributed by atoms with Crippen LogP contribution in [-0.4, -0.2) is 28.3 Å². The fourth-order valence-corrected chi connectivity index (χ4v) is 2.88. The summed E-state index contributed by atoms with van der Waals surface area (Å²) >= 11 is 1.27. The van der Waals surface area contributed by atoms with Crippen molar-refractivity contribution in [3.05, 3.63) is 30.1 Å². The van der Waals surface area contributed by atoms with Crippen LogP contribution >= 0.6 is 11.8 Å². The SMILES string of the molecule is CC[C@@H](C)N=C1NC(=O)[C@H](CC(=O)Nc2ccc(F)cc2)S1. The summed E-state index contributed by atoms with van der Waals surface area (Å²) in [5.74, 6) is -0.861. The molecule has 0 radical (unpaired) electrons. The smallest absolute Gasteiger partial charge is 0.240 e. The van der Waals surface area contributed by atoms with Crippen LogP contribution < -0.4 is 10.6 Å². The van der Waals surface area contributed by atoms with Crippen molar-refractivity contribution in [3.63, 3.8) is 0 Å². The maximum atomic E-state index is 12.8. The van der Waals surface area contributed by atoms with E-state index in [0.717, 1.165) is 6.42 Å². The van der Waals surface area contributed by atoms with Crippen molar-refractivity contribution in [2.75, 3.05) is 5.32 Å². The molecule has 1 saturated heterocycles. The fraction of sp³-hybridized carbons (Fsp3) is 0.400. The average Bonchev–Trinajstić information content (AvgIpc) is 2.81. The van der Waals surface area contributed by atoms with Crippen molar-refractivity contribution >= 4 is 34.4 Å². The highest BCUT2D eigenvalue weighted by molar-refractivity contribution is 8.15. The second-order valence-corrected chi connectivity index (χ2v) is 6.24. The highest BCUT2D eigenvalue weighted by atomic mass is 32.2. The van der Waals surface area contributed by atoms with Gasteiger partial charge in [-0.05, 0) is 37.6 Å². The number of hydrogen-bond acceptors (Lipinski definition) is 4. The van der Waals surface area contributed by atoms with Crippen LogP contribution in [0.2, 0.25) is 0 Å². The molecule has 7 heteroatoms. The van der Waals surface area contributed by atoms with Crippen LogP contribution in [0.25, 0.3) is 0 Å². The number of hydrogen-bond donors (Lipinski definition) is 2. The third kappa shape index (κ3) is 4.56. The number of carbonyl (C=O) groups is 2. The maximum Gasteiger partial charge on any atom is 0.240 e. The zero-order valence-corrected chi connectivity index (χ0v) is 13.2. The molecule has 2 N–H and O–H groups in total. The van der Waals surface area contributed by atoms with Gasteiger partial charge in [-0.25, -0.2) is 4.39 Å². The summed E-state index contributed by atoms with van der Waals surface area (Å²) in [6, 6.07) is 5.62. The Labute approximate surface area is 132 Å². The minimum atomic E-state index is -0.483. The molecule has 0 aromatic heterocycles. The Morgan fingerprint density at radius 1 is 1.45 bits per heavy atom. The Hall–Kier alpha value is -1.89. The fourth-order valence-electron chi connectivity index (χ4n) is 1.81. The molecule has 1 aromatic rings. The predicted octanol–water partition coefficient (Wildman–Crippen LogP) is 2.54. The molecule has 22 heavy (non-hydrogen) atoms. The highest BCUT2D eigenvalue weighted by Gasteiger charge is 2.32. The molecule has 2 atom stereocenters. The lowest BCUT2D eigenvalue weighted by Crippen LogP contribution is -2.28. The molecule has 0 unspecified atom stereocenters. The van der Waals surface area contributed by atoms with Crippen molar-refractivity contribution in [1.82, 2.24) is 5.32 Å². The number of anilines is 1. The lowest BCUT2D eigenvalue weighted by Gasteiger charge is -2.07. The standard InChI is InChI=1S/C15H18FN3O2S/c1-3-9(2)17-15-19-14(21)12(22-15)8-13(20)18-11-6-4-10(16)5-7-11/h4-7,9,12H,3,8H2,1-2H3,(H,18,20)(H,17,19,21)/t9-,12+/m1/s1. The first-order valence-electron chi connectivity index (χ1n) is 7.08. The molecule has 2 amide bonds. The molecule has 0 saturated carbocycles. The van der Waals surface area contributed by atoms with Crippen LogP contribution in [-0.2, 0) is 9.59 Å². The van der Waals surface area contributed by atoms with Crippen molar-refractivity contribution < 1.29 is 14.0 Å². The zero-order chi connectivity index (χ0) is 16.1. The predicted molar refractivity (Wildman–Crippen MR) is 86.4 cm³/mol. The molecule has 0 spiro atoms. The van der Waals surface area contributed by atoms with Crippen LogP contribution in [0.5, 0.6) is 0 Å². The number of halogens is 1. The number of carbonyl (C=O) groups excluding carboxylic acids is 2. The Morgan fingerprint density at radius 2 is 2.14 bits per heavy atom. The van der Waals surface area contributed by atoms with Gasteiger partial charge in [0.05, 0.1) is 0 Å². The largest absolute Gasteiger partial charge is 0.326 e. The summed E-state index contributed by atoms with van der Waals surface area (Å²) in [4.78, 5) is 28.2. The number of nitrogens with one attached hydrogen (secondary N) is 2. The van der Waals surface area contributed by atoms with Crippen LogP contribution in [0.1, 0.15) is 26.7 Å². The van der Waals surface area contributed by atoms with Crippen molar-refractivity contribution in [2.24, 2.45) is 4.99 Å². The third-order valence-corrected chi connectivity index (χ3v) is 4.30. The lowest BCUT2D eigenvalue weighted by molar-refractivity contribution is -0.122. The molecule has 1 aliphatic heterocycles. The number of thioether (sulfide) groups is 1. The maximum absolute atomic E-state index is 12.8. The molecule has 1 heterocycles. The normalized spacial score (nSPS) is 20.8. The molecule has 0 aliphatic carbocycles. The number of nitrogens with zero attached hydrogens (tertiary/aromatic N) is 1. The van der Waals surface area contributed by atoms with E-state index in [9.17, 15) is 14.0 Å². The molecule has 2 rings (SSSR count). The summed E-state index contributed by atoms with van der Waals surface area (Å²) in [7, 11) is 0. The van der Waals surface area contributed by atoms with Gasteiger partial charge in [-0.3, -0.25) is 14.6 Å². The number of amidine groups is 1. The zero-order valence-electron chi connectivity index (χ0n) is 12.4. The molecule has 1 fully saturated rings. The summed E-state index contributed by atoms with van der Waals surface area (Å²) < 4.78 is 12.8. The molecule has 5 nitrogen and oxygen atoms in total. The van der Waals surface area contributed by atoms with E-state index in [1.807, 2.05) is 13.8 Å². The molecular weight excluding hydrogens is 305 g/mol. The first-order valence-corrected chi connectivity index (χ1v) is 7.96. The van der Waals surface area contributed by atoms with Gasteiger partial charge in [0.2, 0.25) is 11.8 Å². The van der Waals surface area contributed by atoms with E-state index in [-0.39, 0.29) is 30.1 Å². The van der Waals surface area contributed by atoms with Gasteiger partial charge in [-0.1, -0.05) is 18.7 Å². The van der Waals surface area contributed by atoms with Crippen LogP contribution in [0.15, 0.2) is 29.3 Å². The first-order chi connectivity index (χ1) is 10.5. The van der Waals surface area contributed by atoms with Gasteiger partial charge in [-0.15, -0.1) is 0 Å². The van der Waals surface area contributed by atoms with Crippen LogP contribution in [0.3, 0.4) is 0 Å². The Bertz CT molecular complexity index is 589. The van der Waals surface area contributed by atoms with Crippen LogP contribution in [0.4, 0.5) is 10.1 Å². The van der Waals surface area contributed by atoms with Gasteiger partial charge < -0.3 is 10.6 Å². The first kappa shape index (κ1) is 16.5. The van der Waals surface area contributed by atoms with Gasteiger partial charge >= 0.3 is 0 Å². The molecule has 0 bridgehead atoms. The van der Waals surface area contributed by atoms with Gasteiger partial charge in [0.1, 0.15) is 11.1 Å². The summed E-state index contributed by atoms with van der Waals surface area (Å²) in [5, 5.41) is 5.42. The Balaban J connectivity index is 1.90. The summed E-state index contributed by atoms with van der Waals surface area (Å²) in [6.45, 7) is 3.98. The number of rotatable bonds is 5. The van der Waals surface area contributed by atoms with E-state index in [1.165, 1.54) is 36.0 Å². The van der Waals surface area contributed by atoms with Crippen molar-refractivity contribution in [3.8, 4) is 0 Å². The van der Waals surface area contributed by atoms with E-state index in [2.05, 4.69) is 15.6 Å². The summed E-state index contributed by atoms with van der Waals surface area (Å²) in [5.41, 5.74) is 0.503. The highest BCUT2D eigenvalue weighted by Crippen LogP contribution is 2.23. The minimum absolute atomic E-state index is 0.0490. The number of amides is 2. The quantitative estimate of drug-likeness (QED) is 0.875. The average molecular weight is 323 g/mol. The minimum Gasteiger partial charge on any atom is -0.326 e. The van der Waals surface area contributed by atoms with Gasteiger partial charge in [-0.2, -0.15) is 0 Å². The number of aliphatic imine (C=N–C) groups is 1. The van der Waals surface area contributed by atoms with E-state index in [4.69, 9.17) is 0 Å². The van der Waals surface area contributed by atoms with Crippen molar-refractivity contribution in [2.45, 2.75) is 38.0 Å². The van der Waals surface area contributed by atoms with E-state index in [0.29, 0.717) is 10.9 Å². The van der Waals surface area contributed by atoms with E-state index < -0.39 is 5.25 Å². The Kier molecular flexibility index (Phi) is 5.54. The van der Waals surface area contributed by atoms with E-state index >= 15 is 0 Å². The van der Waals surface area contributed by atoms with E-state index in [1.54, 1.807) is 0 Å². The Morgan fingerprint density at radius 3 is 2.77 bits per heavy atom. The van der Waals surface area contributed by atoms with Gasteiger partial charge in [0.15, 0.2) is 5.17 Å². The third-order valence-electron chi connectivity index (χ3n) is 3.20. The van der Waals surface area contributed by atoms with Crippen LogP contribution in [0, 0.1) is 5.82 Å². The second kappa shape index (κ2) is 7.40. The second-order valence-electron chi connectivity index (χ2n) is 5.05. The molecular formula is C15H18FN3O2S. The monoisotopic (exact) mass is 323 g/mol. The topological polar surface area (TPSA) is 70.6 Å². The molecule has 1 aromatic carbocycles.